The Labute approximate surface area is 87.0 Å². The van der Waals surface area contributed by atoms with E-state index in [0.29, 0.717) is 6.42 Å². The van der Waals surface area contributed by atoms with E-state index in [1.807, 2.05) is 11.8 Å². The summed E-state index contributed by atoms with van der Waals surface area (Å²) in [4.78, 5) is 10.9. The van der Waals surface area contributed by atoms with E-state index in [4.69, 9.17) is 0 Å². The summed E-state index contributed by atoms with van der Waals surface area (Å²) in [7, 11) is 0. The summed E-state index contributed by atoms with van der Waals surface area (Å²) in [6.07, 6.45) is 1.79. The zero-order valence-electron chi connectivity index (χ0n) is 7.44. The van der Waals surface area contributed by atoms with Crippen LogP contribution in [0.3, 0.4) is 0 Å². The molecule has 1 N–H and O–H groups in total. The minimum absolute atomic E-state index is 0.143. The van der Waals surface area contributed by atoms with E-state index in [0.717, 1.165) is 17.6 Å². The van der Waals surface area contributed by atoms with Crippen molar-refractivity contribution in [1.82, 2.24) is 5.32 Å². The van der Waals surface area contributed by atoms with Gasteiger partial charge in [0.25, 0.3) is 0 Å². The van der Waals surface area contributed by atoms with Crippen molar-refractivity contribution in [3.63, 3.8) is 0 Å². The molecule has 0 unspecified atom stereocenters. The summed E-state index contributed by atoms with van der Waals surface area (Å²) >= 11 is 5.10. The Kier molecular flexibility index (Phi) is 9.62. The second-order valence-corrected chi connectivity index (χ2v) is 4.42. The van der Waals surface area contributed by atoms with Gasteiger partial charge in [0.2, 0.25) is 5.91 Å². The van der Waals surface area contributed by atoms with Crippen LogP contribution in [0.5, 0.6) is 0 Å². The van der Waals surface area contributed by atoms with Crippen molar-refractivity contribution in [2.75, 3.05) is 23.4 Å². The summed E-state index contributed by atoms with van der Waals surface area (Å²) in [6.45, 7) is 2.97. The molecule has 0 aliphatic rings. The number of nitrogens with one attached hydrogen (secondary N) is 1. The minimum atomic E-state index is 0.143. The molecule has 2 nitrogen and oxygen atoms in total. The standard InChI is InChI=1S/C8H16BrNOS/c1-2-6-12-7-5-10-8(11)3-4-9/h2-7H2,1H3,(H,10,11). The Bertz CT molecular complexity index is 122. The van der Waals surface area contributed by atoms with E-state index in [9.17, 15) is 4.79 Å². The largest absolute Gasteiger partial charge is 0.355 e. The quantitative estimate of drug-likeness (QED) is 0.556. The lowest BCUT2D eigenvalue weighted by Crippen LogP contribution is -2.25. The van der Waals surface area contributed by atoms with E-state index in [1.165, 1.54) is 12.2 Å². The van der Waals surface area contributed by atoms with E-state index < -0.39 is 0 Å². The number of carbonyl (C=O) groups excluding carboxylic acids is 1. The van der Waals surface area contributed by atoms with Gasteiger partial charge in [-0.05, 0) is 12.2 Å². The van der Waals surface area contributed by atoms with Gasteiger partial charge in [-0.1, -0.05) is 22.9 Å². The predicted molar refractivity (Wildman–Crippen MR) is 59.0 cm³/mol. The molecular weight excluding hydrogens is 238 g/mol. The molecule has 4 heteroatoms. The number of halogens is 1. The van der Waals surface area contributed by atoms with Crippen LogP contribution in [0.4, 0.5) is 0 Å². The third-order valence-corrected chi connectivity index (χ3v) is 2.82. The van der Waals surface area contributed by atoms with Crippen molar-refractivity contribution in [3.05, 3.63) is 0 Å². The van der Waals surface area contributed by atoms with Gasteiger partial charge in [0.1, 0.15) is 0 Å². The highest BCUT2D eigenvalue weighted by atomic mass is 79.9. The van der Waals surface area contributed by atoms with Crippen LogP contribution in [0.15, 0.2) is 0 Å². The van der Waals surface area contributed by atoms with Crippen LogP contribution < -0.4 is 5.32 Å². The van der Waals surface area contributed by atoms with E-state index >= 15 is 0 Å². The van der Waals surface area contributed by atoms with Crippen LogP contribution >= 0.6 is 27.7 Å². The van der Waals surface area contributed by atoms with Gasteiger partial charge in [0.05, 0.1) is 0 Å². The first kappa shape index (κ1) is 12.3. The SMILES string of the molecule is CCCSCCNC(=O)CCBr. The summed E-state index contributed by atoms with van der Waals surface area (Å²) < 4.78 is 0. The Morgan fingerprint density at radius 2 is 2.25 bits per heavy atom. The van der Waals surface area contributed by atoms with Gasteiger partial charge < -0.3 is 5.32 Å². The molecular formula is C8H16BrNOS. The fourth-order valence-corrected chi connectivity index (χ4v) is 1.78. The molecule has 0 saturated heterocycles. The molecule has 0 fully saturated rings. The van der Waals surface area contributed by atoms with Crippen LogP contribution in [0.1, 0.15) is 19.8 Å². The Hall–Kier alpha value is 0.300. The highest BCUT2D eigenvalue weighted by molar-refractivity contribution is 9.09. The maximum Gasteiger partial charge on any atom is 0.220 e. The molecule has 12 heavy (non-hydrogen) atoms. The molecule has 0 radical (unpaired) electrons. The molecule has 0 rings (SSSR count). The smallest absolute Gasteiger partial charge is 0.220 e. The maximum atomic E-state index is 10.9. The van der Waals surface area contributed by atoms with Crippen molar-refractivity contribution >= 4 is 33.6 Å². The van der Waals surface area contributed by atoms with Crippen LogP contribution in [0.25, 0.3) is 0 Å². The van der Waals surface area contributed by atoms with Gasteiger partial charge >= 0.3 is 0 Å². The highest BCUT2D eigenvalue weighted by Gasteiger charge is 1.97. The Balaban J connectivity index is 3.03. The Morgan fingerprint density at radius 1 is 1.50 bits per heavy atom. The first-order valence-electron chi connectivity index (χ1n) is 4.21. The van der Waals surface area contributed by atoms with Crippen molar-refractivity contribution in [2.24, 2.45) is 0 Å². The third kappa shape index (κ3) is 8.40. The first-order chi connectivity index (χ1) is 5.81. The second kappa shape index (κ2) is 9.39. The van der Waals surface area contributed by atoms with E-state index in [2.05, 4.69) is 28.2 Å². The molecule has 1 amide bonds. The molecule has 0 heterocycles. The lowest BCUT2D eigenvalue weighted by molar-refractivity contribution is -0.120. The van der Waals surface area contributed by atoms with Crippen LogP contribution in [-0.2, 0) is 4.79 Å². The average Bonchev–Trinajstić information content (AvgIpc) is 2.05. The number of hydrogen-bond acceptors (Lipinski definition) is 2. The van der Waals surface area contributed by atoms with Crippen LogP contribution in [-0.4, -0.2) is 29.3 Å². The van der Waals surface area contributed by atoms with Gasteiger partial charge in [0.15, 0.2) is 0 Å². The molecule has 0 atom stereocenters. The maximum absolute atomic E-state index is 10.9. The van der Waals surface area contributed by atoms with Gasteiger partial charge in [-0.25, -0.2) is 0 Å². The monoisotopic (exact) mass is 253 g/mol. The summed E-state index contributed by atoms with van der Waals surface area (Å²) in [6, 6.07) is 0. The minimum Gasteiger partial charge on any atom is -0.355 e. The number of thioether (sulfide) groups is 1. The van der Waals surface area contributed by atoms with Gasteiger partial charge in [-0.2, -0.15) is 11.8 Å². The number of amides is 1. The summed E-state index contributed by atoms with van der Waals surface area (Å²) in [5, 5.41) is 3.60. The lowest BCUT2D eigenvalue weighted by atomic mass is 10.4. The molecule has 0 saturated carbocycles. The van der Waals surface area contributed by atoms with Crippen molar-refractivity contribution in [3.8, 4) is 0 Å². The second-order valence-electron chi connectivity index (χ2n) is 2.40. The predicted octanol–water partition coefficient (Wildman–Crippen LogP) is 2.03. The topological polar surface area (TPSA) is 29.1 Å². The summed E-state index contributed by atoms with van der Waals surface area (Å²) in [5.74, 6) is 2.36. The molecule has 0 aliphatic heterocycles. The number of alkyl halides is 1. The van der Waals surface area contributed by atoms with Gasteiger partial charge in [-0.15, -0.1) is 0 Å². The van der Waals surface area contributed by atoms with Crippen LogP contribution in [0, 0.1) is 0 Å². The van der Waals surface area contributed by atoms with Gasteiger partial charge in [0, 0.05) is 24.0 Å². The number of carbonyl (C=O) groups is 1. The fraction of sp³-hybridized carbons (Fsp3) is 0.875. The zero-order valence-corrected chi connectivity index (χ0v) is 9.84. The third-order valence-electron chi connectivity index (χ3n) is 1.24. The van der Waals surface area contributed by atoms with Crippen molar-refractivity contribution in [2.45, 2.75) is 19.8 Å². The zero-order chi connectivity index (χ0) is 9.23. The molecule has 0 aliphatic carbocycles. The van der Waals surface area contributed by atoms with Crippen molar-refractivity contribution in [1.29, 1.82) is 0 Å². The summed E-state index contributed by atoms with van der Waals surface area (Å²) in [5.41, 5.74) is 0. The van der Waals surface area contributed by atoms with Crippen molar-refractivity contribution < 1.29 is 4.79 Å². The van der Waals surface area contributed by atoms with Crippen LogP contribution in [0.2, 0.25) is 0 Å². The molecule has 0 spiro atoms. The van der Waals surface area contributed by atoms with Gasteiger partial charge in [-0.3, -0.25) is 4.79 Å². The molecule has 0 aromatic rings. The molecule has 0 aromatic carbocycles. The molecule has 0 aromatic heterocycles. The number of hydrogen-bond donors (Lipinski definition) is 1. The number of rotatable bonds is 7. The molecule has 72 valence electrons. The lowest BCUT2D eigenvalue weighted by Gasteiger charge is -2.02. The normalized spacial score (nSPS) is 9.83. The fourth-order valence-electron chi connectivity index (χ4n) is 0.683. The molecule has 0 bridgehead atoms. The highest BCUT2D eigenvalue weighted by Crippen LogP contribution is 1.99. The average molecular weight is 254 g/mol. The Morgan fingerprint density at radius 3 is 2.83 bits per heavy atom. The van der Waals surface area contributed by atoms with E-state index in [-0.39, 0.29) is 5.91 Å². The first-order valence-corrected chi connectivity index (χ1v) is 6.49. The van der Waals surface area contributed by atoms with E-state index in [1.54, 1.807) is 0 Å².